The minimum Gasteiger partial charge on any atom is -0.352 e. The molecule has 1 aromatic rings. The average Bonchev–Trinajstić information content (AvgIpc) is 2.85. The molecule has 2 heterocycles. The van der Waals surface area contributed by atoms with Crippen LogP contribution in [-0.4, -0.2) is 34.8 Å². The summed E-state index contributed by atoms with van der Waals surface area (Å²) in [7, 11) is 0. The second kappa shape index (κ2) is 7.20. The maximum Gasteiger partial charge on any atom is 0.225 e. The molecule has 1 aromatic heterocycles. The van der Waals surface area contributed by atoms with Crippen LogP contribution in [-0.2, 0) is 16.1 Å². The summed E-state index contributed by atoms with van der Waals surface area (Å²) in [6, 6.07) is 3.76. The first-order valence-corrected chi connectivity index (χ1v) is 7.50. The van der Waals surface area contributed by atoms with Gasteiger partial charge in [-0.15, -0.1) is 0 Å². The summed E-state index contributed by atoms with van der Waals surface area (Å²) in [4.78, 5) is 29.9. The highest BCUT2D eigenvalue weighted by Gasteiger charge is 2.33. The maximum absolute atomic E-state index is 12.1. The van der Waals surface area contributed by atoms with Crippen molar-refractivity contribution in [2.75, 3.05) is 13.1 Å². The third-order valence-electron chi connectivity index (χ3n) is 3.75. The Hall–Kier alpha value is -1.91. The molecule has 2 rings (SSSR count). The van der Waals surface area contributed by atoms with Crippen LogP contribution in [0.2, 0.25) is 0 Å². The quantitative estimate of drug-likeness (QED) is 0.865. The van der Waals surface area contributed by atoms with Gasteiger partial charge in [-0.3, -0.25) is 14.6 Å². The fraction of sp³-hybridized carbons (Fsp3) is 0.562. The van der Waals surface area contributed by atoms with Crippen LogP contribution in [0, 0.1) is 11.8 Å². The summed E-state index contributed by atoms with van der Waals surface area (Å²) in [6.07, 6.45) is 4.75. The lowest BCUT2D eigenvalue weighted by Crippen LogP contribution is -2.33. The van der Waals surface area contributed by atoms with Crippen LogP contribution in [0.5, 0.6) is 0 Å². The van der Waals surface area contributed by atoms with E-state index in [1.807, 2.05) is 17.0 Å². The SMILES string of the molecule is CC(C)CCN1CC(C(=O)NCc2cccnc2)CC1=O. The van der Waals surface area contributed by atoms with Gasteiger partial charge in [-0.2, -0.15) is 0 Å². The molecule has 1 aliphatic heterocycles. The van der Waals surface area contributed by atoms with E-state index in [1.54, 1.807) is 12.4 Å². The number of carbonyl (C=O) groups excluding carboxylic acids is 2. The Bertz CT molecular complexity index is 488. The number of nitrogens with one attached hydrogen (secondary N) is 1. The van der Waals surface area contributed by atoms with Crippen LogP contribution in [0.3, 0.4) is 0 Å². The molecule has 0 radical (unpaired) electrons. The molecule has 1 atom stereocenters. The monoisotopic (exact) mass is 289 g/mol. The van der Waals surface area contributed by atoms with Gasteiger partial charge < -0.3 is 10.2 Å². The minimum atomic E-state index is -0.221. The van der Waals surface area contributed by atoms with Crippen LogP contribution < -0.4 is 5.32 Å². The molecule has 1 saturated heterocycles. The van der Waals surface area contributed by atoms with E-state index in [1.165, 1.54) is 0 Å². The Kier molecular flexibility index (Phi) is 5.31. The molecule has 0 aliphatic carbocycles. The first kappa shape index (κ1) is 15.5. The molecule has 21 heavy (non-hydrogen) atoms. The van der Waals surface area contributed by atoms with E-state index in [4.69, 9.17) is 0 Å². The van der Waals surface area contributed by atoms with E-state index >= 15 is 0 Å². The van der Waals surface area contributed by atoms with Crippen LogP contribution >= 0.6 is 0 Å². The predicted octanol–water partition coefficient (Wildman–Crippen LogP) is 1.59. The molecule has 114 valence electrons. The van der Waals surface area contributed by atoms with Crippen molar-refractivity contribution >= 4 is 11.8 Å². The van der Waals surface area contributed by atoms with Crippen molar-refractivity contribution in [1.29, 1.82) is 0 Å². The lowest BCUT2D eigenvalue weighted by Gasteiger charge is -2.17. The molecular weight excluding hydrogens is 266 g/mol. The van der Waals surface area contributed by atoms with Crippen molar-refractivity contribution < 1.29 is 9.59 Å². The number of hydrogen-bond donors (Lipinski definition) is 1. The van der Waals surface area contributed by atoms with Gasteiger partial charge in [0.2, 0.25) is 11.8 Å². The first-order valence-electron chi connectivity index (χ1n) is 7.50. The molecule has 1 N–H and O–H groups in total. The Morgan fingerprint density at radius 3 is 3.00 bits per heavy atom. The van der Waals surface area contributed by atoms with Crippen LogP contribution in [0.1, 0.15) is 32.3 Å². The van der Waals surface area contributed by atoms with Crippen molar-refractivity contribution in [3.63, 3.8) is 0 Å². The molecule has 1 unspecified atom stereocenters. The Morgan fingerprint density at radius 1 is 1.52 bits per heavy atom. The van der Waals surface area contributed by atoms with Gasteiger partial charge in [-0.05, 0) is 24.0 Å². The van der Waals surface area contributed by atoms with Gasteiger partial charge in [0.05, 0.1) is 5.92 Å². The molecule has 0 aromatic carbocycles. The van der Waals surface area contributed by atoms with Gasteiger partial charge in [0, 0.05) is 38.4 Å². The van der Waals surface area contributed by atoms with Crippen molar-refractivity contribution in [2.24, 2.45) is 11.8 Å². The zero-order chi connectivity index (χ0) is 15.2. The molecule has 0 spiro atoms. The minimum absolute atomic E-state index is 0.0424. The summed E-state index contributed by atoms with van der Waals surface area (Å²) in [5, 5.41) is 2.89. The van der Waals surface area contributed by atoms with Crippen molar-refractivity contribution in [1.82, 2.24) is 15.2 Å². The molecule has 2 amide bonds. The van der Waals surface area contributed by atoms with Crippen LogP contribution in [0.4, 0.5) is 0 Å². The Morgan fingerprint density at radius 2 is 2.33 bits per heavy atom. The van der Waals surface area contributed by atoms with E-state index in [9.17, 15) is 9.59 Å². The smallest absolute Gasteiger partial charge is 0.225 e. The van der Waals surface area contributed by atoms with Gasteiger partial charge in [-0.1, -0.05) is 19.9 Å². The standard InChI is InChI=1S/C16H23N3O2/c1-12(2)5-7-19-11-14(8-15(19)20)16(21)18-10-13-4-3-6-17-9-13/h3-4,6,9,12,14H,5,7-8,10-11H2,1-2H3,(H,18,21). The largest absolute Gasteiger partial charge is 0.352 e. The van der Waals surface area contributed by atoms with Crippen LogP contribution in [0.25, 0.3) is 0 Å². The molecule has 0 saturated carbocycles. The molecule has 1 aliphatic rings. The highest BCUT2D eigenvalue weighted by Crippen LogP contribution is 2.19. The number of aromatic nitrogens is 1. The van der Waals surface area contributed by atoms with Crippen molar-refractivity contribution in [3.8, 4) is 0 Å². The maximum atomic E-state index is 12.1. The number of carbonyl (C=O) groups is 2. The number of likely N-dealkylation sites (tertiary alicyclic amines) is 1. The normalized spacial score (nSPS) is 18.3. The molecular formula is C16H23N3O2. The van der Waals surface area contributed by atoms with E-state index in [0.717, 1.165) is 18.5 Å². The van der Waals surface area contributed by atoms with E-state index < -0.39 is 0 Å². The third kappa shape index (κ3) is 4.55. The summed E-state index contributed by atoms with van der Waals surface area (Å²) >= 11 is 0. The lowest BCUT2D eigenvalue weighted by molar-refractivity contribution is -0.129. The highest BCUT2D eigenvalue weighted by molar-refractivity contribution is 5.89. The third-order valence-corrected chi connectivity index (χ3v) is 3.75. The Balaban J connectivity index is 1.80. The fourth-order valence-electron chi connectivity index (χ4n) is 2.41. The van der Waals surface area contributed by atoms with E-state index in [0.29, 0.717) is 25.4 Å². The number of nitrogens with zero attached hydrogens (tertiary/aromatic N) is 2. The van der Waals surface area contributed by atoms with Gasteiger partial charge in [-0.25, -0.2) is 0 Å². The van der Waals surface area contributed by atoms with Crippen molar-refractivity contribution in [2.45, 2.75) is 33.2 Å². The van der Waals surface area contributed by atoms with Crippen molar-refractivity contribution in [3.05, 3.63) is 30.1 Å². The van der Waals surface area contributed by atoms with Gasteiger partial charge in [0.1, 0.15) is 0 Å². The number of hydrogen-bond acceptors (Lipinski definition) is 3. The molecule has 5 nitrogen and oxygen atoms in total. The fourth-order valence-corrected chi connectivity index (χ4v) is 2.41. The summed E-state index contributed by atoms with van der Waals surface area (Å²) in [6.45, 7) is 6.04. The topological polar surface area (TPSA) is 62.3 Å². The molecule has 5 heteroatoms. The summed E-state index contributed by atoms with van der Waals surface area (Å²) in [5.74, 6) is 0.397. The highest BCUT2D eigenvalue weighted by atomic mass is 16.2. The van der Waals surface area contributed by atoms with Crippen LogP contribution in [0.15, 0.2) is 24.5 Å². The summed E-state index contributed by atoms with van der Waals surface area (Å²) < 4.78 is 0. The number of rotatable bonds is 6. The number of amides is 2. The lowest BCUT2D eigenvalue weighted by atomic mass is 10.1. The van der Waals surface area contributed by atoms with Gasteiger partial charge >= 0.3 is 0 Å². The average molecular weight is 289 g/mol. The summed E-state index contributed by atoms with van der Waals surface area (Å²) in [5.41, 5.74) is 0.965. The first-order chi connectivity index (χ1) is 10.1. The van der Waals surface area contributed by atoms with Gasteiger partial charge in [0.15, 0.2) is 0 Å². The van der Waals surface area contributed by atoms with E-state index in [2.05, 4.69) is 24.1 Å². The number of pyridine rings is 1. The van der Waals surface area contributed by atoms with E-state index in [-0.39, 0.29) is 17.7 Å². The zero-order valence-corrected chi connectivity index (χ0v) is 12.7. The van der Waals surface area contributed by atoms with Gasteiger partial charge in [0.25, 0.3) is 0 Å². The predicted molar refractivity (Wildman–Crippen MR) is 80.2 cm³/mol. The second-order valence-corrected chi connectivity index (χ2v) is 6.00. The Labute approximate surface area is 125 Å². The molecule has 0 bridgehead atoms. The second-order valence-electron chi connectivity index (χ2n) is 6.00. The zero-order valence-electron chi connectivity index (χ0n) is 12.7. The molecule has 1 fully saturated rings.